The van der Waals surface area contributed by atoms with Crippen molar-refractivity contribution >= 4 is 10.0 Å². The van der Waals surface area contributed by atoms with E-state index in [9.17, 15) is 17.2 Å². The molecule has 0 aromatic heterocycles. The largest absolute Gasteiger partial charge is 0.384 e. The molecule has 4 nitrogen and oxygen atoms in total. The molecule has 0 bridgehead atoms. The minimum atomic E-state index is -4.59. The second-order valence-corrected chi connectivity index (χ2v) is 5.02. The minimum absolute atomic E-state index is 0.235. The van der Waals surface area contributed by atoms with Crippen LogP contribution in [0.3, 0.4) is 0 Å². The van der Waals surface area contributed by atoms with Crippen molar-refractivity contribution in [2.75, 3.05) is 6.61 Å². The van der Waals surface area contributed by atoms with Crippen LogP contribution in [0.1, 0.15) is 11.1 Å². The fourth-order valence-electron chi connectivity index (χ4n) is 1.15. The maximum Gasteiger partial charge on any atom is 0.350 e. The predicted octanol–water partition coefficient (Wildman–Crippen LogP) is 0.672. The lowest BCUT2D eigenvalue weighted by Crippen LogP contribution is -2.28. The third kappa shape index (κ3) is 4.41. The Labute approximate surface area is 104 Å². The van der Waals surface area contributed by atoms with Gasteiger partial charge in [-0.3, -0.25) is 0 Å². The van der Waals surface area contributed by atoms with Gasteiger partial charge in [-0.25, -0.2) is 13.1 Å². The maximum atomic E-state index is 12.1. The third-order valence-electron chi connectivity index (χ3n) is 1.95. The molecule has 0 radical (unpaired) electrons. The number of hydrogen-bond acceptors (Lipinski definition) is 3. The Bertz CT molecular complexity index is 561. The summed E-state index contributed by atoms with van der Waals surface area (Å²) in [4.78, 5) is 0. The van der Waals surface area contributed by atoms with Crippen LogP contribution in [0.2, 0.25) is 0 Å². The van der Waals surface area contributed by atoms with Gasteiger partial charge in [0.05, 0.1) is 0 Å². The first-order valence-corrected chi connectivity index (χ1v) is 6.45. The average molecular weight is 275 g/mol. The molecule has 7 heteroatoms. The highest BCUT2D eigenvalue weighted by Gasteiger charge is 2.22. The van der Waals surface area contributed by atoms with E-state index in [1.165, 1.54) is 0 Å². The van der Waals surface area contributed by atoms with E-state index in [2.05, 4.69) is 11.8 Å². The van der Waals surface area contributed by atoms with Crippen molar-refractivity contribution < 1.29 is 22.3 Å². The van der Waals surface area contributed by atoms with Gasteiger partial charge in [-0.15, -0.1) is 0 Å². The van der Waals surface area contributed by atoms with Gasteiger partial charge in [0.15, 0.2) is 0 Å². The normalized spacial score (nSPS) is 11.1. The van der Waals surface area contributed by atoms with Crippen LogP contribution in [0.25, 0.3) is 0 Å². The van der Waals surface area contributed by atoms with E-state index in [0.29, 0.717) is 11.1 Å². The number of nitrogens with one attached hydrogen (secondary N) is 1. The first-order chi connectivity index (χ1) is 8.45. The van der Waals surface area contributed by atoms with E-state index < -0.39 is 15.8 Å². The summed E-state index contributed by atoms with van der Waals surface area (Å²) in [5.74, 6) is 1.61. The van der Waals surface area contributed by atoms with Crippen molar-refractivity contribution in [2.24, 2.45) is 0 Å². The SMILES string of the molecule is O=S(=O)(NCc1cccc(C#CCO)c1)C(F)F. The molecular formula is C11H11F2NO3S. The molecular weight excluding hydrogens is 264 g/mol. The Kier molecular flexibility index (Phi) is 5.22. The molecule has 0 aliphatic rings. The van der Waals surface area contributed by atoms with E-state index in [4.69, 9.17) is 5.11 Å². The summed E-state index contributed by atoms with van der Waals surface area (Å²) in [7, 11) is -4.59. The van der Waals surface area contributed by atoms with E-state index >= 15 is 0 Å². The highest BCUT2D eigenvalue weighted by molar-refractivity contribution is 7.89. The summed E-state index contributed by atoms with van der Waals surface area (Å²) in [6, 6.07) is 6.41. The Balaban J connectivity index is 2.75. The van der Waals surface area contributed by atoms with Gasteiger partial charge in [-0.2, -0.15) is 8.78 Å². The molecule has 0 fully saturated rings. The van der Waals surface area contributed by atoms with Gasteiger partial charge in [-0.1, -0.05) is 24.0 Å². The quantitative estimate of drug-likeness (QED) is 0.794. The lowest BCUT2D eigenvalue weighted by Gasteiger charge is -2.05. The monoisotopic (exact) mass is 275 g/mol. The molecule has 0 saturated heterocycles. The number of rotatable bonds is 4. The summed E-state index contributed by atoms with van der Waals surface area (Å²) in [5.41, 5.74) is 1.07. The van der Waals surface area contributed by atoms with E-state index in [1.54, 1.807) is 29.0 Å². The fraction of sp³-hybridized carbons (Fsp3) is 0.273. The molecule has 98 valence electrons. The summed E-state index contributed by atoms with van der Waals surface area (Å²) < 4.78 is 47.6. The van der Waals surface area contributed by atoms with Crippen molar-refractivity contribution in [2.45, 2.75) is 12.3 Å². The molecule has 0 saturated carbocycles. The minimum Gasteiger partial charge on any atom is -0.384 e. The maximum absolute atomic E-state index is 12.1. The van der Waals surface area contributed by atoms with Crippen LogP contribution in [0.4, 0.5) is 8.78 Å². The molecule has 1 rings (SSSR count). The van der Waals surface area contributed by atoms with Crippen LogP contribution in [-0.2, 0) is 16.6 Å². The average Bonchev–Trinajstić information content (AvgIpc) is 2.34. The summed E-state index contributed by atoms with van der Waals surface area (Å²) in [6.07, 6.45) is 0. The van der Waals surface area contributed by atoms with Crippen molar-refractivity contribution in [3.8, 4) is 11.8 Å². The summed E-state index contributed by atoms with van der Waals surface area (Å²) in [5, 5.41) is 8.52. The number of sulfonamides is 1. The van der Waals surface area contributed by atoms with E-state index in [1.807, 2.05) is 0 Å². The van der Waals surface area contributed by atoms with Gasteiger partial charge in [0.1, 0.15) is 6.61 Å². The first kappa shape index (κ1) is 14.6. The number of alkyl halides is 2. The predicted molar refractivity (Wildman–Crippen MR) is 62.2 cm³/mol. The van der Waals surface area contributed by atoms with Crippen molar-refractivity contribution in [3.05, 3.63) is 35.4 Å². The second-order valence-electron chi connectivity index (χ2n) is 3.29. The molecule has 1 aromatic rings. The fourth-order valence-corrected chi connectivity index (χ4v) is 1.64. The molecule has 0 aliphatic carbocycles. The lowest BCUT2D eigenvalue weighted by atomic mass is 10.1. The number of benzene rings is 1. The first-order valence-electron chi connectivity index (χ1n) is 4.91. The highest BCUT2D eigenvalue weighted by atomic mass is 32.2. The molecule has 0 unspecified atom stereocenters. The second kappa shape index (κ2) is 6.44. The van der Waals surface area contributed by atoms with Gasteiger partial charge in [0, 0.05) is 12.1 Å². The molecule has 0 spiro atoms. The zero-order valence-corrected chi connectivity index (χ0v) is 10.0. The Morgan fingerprint density at radius 1 is 1.39 bits per heavy atom. The molecule has 0 atom stereocenters. The van der Waals surface area contributed by atoms with Crippen molar-refractivity contribution in [3.63, 3.8) is 0 Å². The number of halogens is 2. The van der Waals surface area contributed by atoms with Crippen LogP contribution < -0.4 is 4.72 Å². The molecule has 2 N–H and O–H groups in total. The van der Waals surface area contributed by atoms with Crippen LogP contribution in [0.5, 0.6) is 0 Å². The Morgan fingerprint density at radius 2 is 2.11 bits per heavy atom. The smallest absolute Gasteiger partial charge is 0.350 e. The van der Waals surface area contributed by atoms with Gasteiger partial charge in [0.25, 0.3) is 10.0 Å². The lowest BCUT2D eigenvalue weighted by molar-refractivity contribution is 0.232. The zero-order valence-electron chi connectivity index (χ0n) is 9.23. The molecule has 18 heavy (non-hydrogen) atoms. The number of aliphatic hydroxyl groups excluding tert-OH is 1. The van der Waals surface area contributed by atoms with Crippen molar-refractivity contribution in [1.82, 2.24) is 4.72 Å². The number of aliphatic hydroxyl groups is 1. The van der Waals surface area contributed by atoms with Crippen LogP contribution >= 0.6 is 0 Å². The topological polar surface area (TPSA) is 66.4 Å². The van der Waals surface area contributed by atoms with Gasteiger partial charge >= 0.3 is 5.76 Å². The third-order valence-corrected chi connectivity index (χ3v) is 2.97. The summed E-state index contributed by atoms with van der Waals surface area (Å²) in [6.45, 7) is -0.524. The highest BCUT2D eigenvalue weighted by Crippen LogP contribution is 2.07. The van der Waals surface area contributed by atoms with Gasteiger partial charge in [-0.05, 0) is 17.7 Å². The van der Waals surface area contributed by atoms with E-state index in [-0.39, 0.29) is 13.2 Å². The number of hydrogen-bond donors (Lipinski definition) is 2. The Hall–Kier alpha value is -1.49. The summed E-state index contributed by atoms with van der Waals surface area (Å²) >= 11 is 0. The molecule has 0 aliphatic heterocycles. The van der Waals surface area contributed by atoms with Crippen LogP contribution in [-0.4, -0.2) is 25.9 Å². The van der Waals surface area contributed by atoms with Crippen LogP contribution in [0.15, 0.2) is 24.3 Å². The van der Waals surface area contributed by atoms with Crippen LogP contribution in [0, 0.1) is 11.8 Å². The van der Waals surface area contributed by atoms with E-state index in [0.717, 1.165) is 0 Å². The molecule has 0 amide bonds. The molecule has 1 aromatic carbocycles. The van der Waals surface area contributed by atoms with Gasteiger partial charge in [0.2, 0.25) is 0 Å². The van der Waals surface area contributed by atoms with Crippen molar-refractivity contribution in [1.29, 1.82) is 0 Å². The molecule has 0 heterocycles. The zero-order chi connectivity index (χ0) is 13.6. The Morgan fingerprint density at radius 3 is 2.72 bits per heavy atom. The van der Waals surface area contributed by atoms with Gasteiger partial charge < -0.3 is 5.11 Å². The standard InChI is InChI=1S/C11H11F2NO3S/c12-11(13)18(16,17)14-8-10-4-1-3-9(7-10)5-2-6-15/h1,3-4,7,11,14-15H,6,8H2.